The number of halogens is 4. The molecule has 0 bridgehead atoms. The summed E-state index contributed by atoms with van der Waals surface area (Å²) in [6, 6.07) is 12.0. The van der Waals surface area contributed by atoms with E-state index < -0.39 is 34.2 Å². The number of carbonyl (C=O) groups is 3. The van der Waals surface area contributed by atoms with Crippen LogP contribution >= 0.6 is 34.8 Å². The molecule has 1 aliphatic rings. The molecule has 1 aromatic heterocycles. The third-order valence-corrected chi connectivity index (χ3v) is 9.43. The molecule has 2 N–H and O–H groups in total. The zero-order valence-electron chi connectivity index (χ0n) is 24.3. The molecule has 0 saturated heterocycles. The summed E-state index contributed by atoms with van der Waals surface area (Å²) >= 11 is 24.1. The molecule has 6 nitrogen and oxygen atoms in total. The summed E-state index contributed by atoms with van der Waals surface area (Å²) in [5.41, 5.74) is 1.65. The predicted molar refractivity (Wildman–Crippen MR) is 169 cm³/mol. The highest BCUT2D eigenvalue weighted by atomic mass is 35.5. The van der Waals surface area contributed by atoms with E-state index in [1.54, 1.807) is 36.4 Å². The standard InChI is InChI=1S/C33H28Cl4N2O4/c1-32(2,3)16-12-15(13-17(28(16)40)33(4,5)6)31(43)39-19-9-7-8-14-10-11-18(38-27(14)19)20-29(41)21-22(30(20)42)24(35)26(37)25(36)23(21)34/h7-13,20,36H,1-6H3,(H-,39,40,43)/p+1. The van der Waals surface area contributed by atoms with Gasteiger partial charge in [-0.3, -0.25) is 14.4 Å². The van der Waals surface area contributed by atoms with E-state index >= 15 is 0 Å². The zero-order chi connectivity index (χ0) is 31.8. The van der Waals surface area contributed by atoms with E-state index in [1.165, 1.54) is 0 Å². The summed E-state index contributed by atoms with van der Waals surface area (Å²) in [7, 11) is 0. The van der Waals surface area contributed by atoms with Crippen LogP contribution < -0.4 is 5.32 Å². The number of aromatic hydroxyl groups is 1. The Morgan fingerprint density at radius 3 is 1.98 bits per heavy atom. The van der Waals surface area contributed by atoms with E-state index in [2.05, 4.69) is 10.3 Å². The Bertz CT molecular complexity index is 1810. The first-order valence-electron chi connectivity index (χ1n) is 13.5. The van der Waals surface area contributed by atoms with Gasteiger partial charge in [-0.2, -0.15) is 0 Å². The van der Waals surface area contributed by atoms with Crippen LogP contribution in [0.4, 0.5) is 5.69 Å². The van der Waals surface area contributed by atoms with Crippen molar-refractivity contribution in [2.45, 2.75) is 58.3 Å². The predicted octanol–water partition coefficient (Wildman–Crippen LogP) is 8.61. The summed E-state index contributed by atoms with van der Waals surface area (Å²) in [6.45, 7) is 11.8. The lowest BCUT2D eigenvalue weighted by Crippen LogP contribution is -2.21. The number of carbonyl (C=O) groups excluding carboxylic acids is 3. The van der Waals surface area contributed by atoms with Gasteiger partial charge in [0.25, 0.3) is 10.9 Å². The van der Waals surface area contributed by atoms with Crippen LogP contribution in [-0.4, -0.2) is 27.6 Å². The van der Waals surface area contributed by atoms with Gasteiger partial charge in [0.05, 0.1) is 33.0 Å². The third-order valence-electron chi connectivity index (χ3n) is 7.57. The summed E-state index contributed by atoms with van der Waals surface area (Å²) in [4.78, 5) is 45.4. The minimum Gasteiger partial charge on any atom is -0.507 e. The minimum absolute atomic E-state index is 0.00354. The molecule has 3 aromatic carbocycles. The molecule has 1 unspecified atom stereocenters. The van der Waals surface area contributed by atoms with Gasteiger partial charge in [-0.1, -0.05) is 94.5 Å². The van der Waals surface area contributed by atoms with Crippen LogP contribution in [-0.2, 0) is 10.8 Å². The normalized spacial score (nSPS) is 15.3. The first kappa shape index (κ1) is 31.3. The lowest BCUT2D eigenvalue weighted by atomic mass is 9.78. The van der Waals surface area contributed by atoms with Crippen molar-refractivity contribution in [2.24, 2.45) is 0 Å². The third kappa shape index (κ3) is 5.29. The fourth-order valence-electron chi connectivity index (χ4n) is 5.31. The molecule has 222 valence electrons. The van der Waals surface area contributed by atoms with Crippen LogP contribution in [0.1, 0.15) is 95.4 Å². The zero-order valence-corrected chi connectivity index (χ0v) is 27.4. The van der Waals surface area contributed by atoms with Crippen molar-refractivity contribution >= 4 is 68.9 Å². The number of pyridine rings is 1. The van der Waals surface area contributed by atoms with Crippen LogP contribution in [0, 0.1) is 11.6 Å². The molecular weight excluding hydrogens is 630 g/mol. The van der Waals surface area contributed by atoms with Crippen LogP contribution in [0.15, 0.2) is 42.5 Å². The number of rotatable bonds is 3. The molecule has 1 aliphatic carbocycles. The van der Waals surface area contributed by atoms with Crippen LogP contribution in [0.25, 0.3) is 10.9 Å². The van der Waals surface area contributed by atoms with Crippen molar-refractivity contribution in [3.63, 3.8) is 0 Å². The highest BCUT2D eigenvalue weighted by molar-refractivity contribution is 6.50. The molecule has 0 radical (unpaired) electrons. The van der Waals surface area contributed by atoms with Crippen molar-refractivity contribution in [1.29, 1.82) is 0 Å². The molecule has 0 aliphatic heterocycles. The van der Waals surface area contributed by atoms with Crippen LogP contribution in [0.2, 0.25) is 20.1 Å². The second kappa shape index (κ2) is 10.8. The average molecular weight is 659 g/mol. The van der Waals surface area contributed by atoms with Gasteiger partial charge >= 0.3 is 0 Å². The maximum absolute atomic E-state index is 13.7. The van der Waals surface area contributed by atoms with Crippen molar-refractivity contribution in [3.05, 3.63) is 96.1 Å². The first-order valence-corrected chi connectivity index (χ1v) is 15.0. The number of hydrogen-bond acceptors (Lipinski definition) is 5. The number of Topliss-reactive ketones (excluding diaryl/α,β-unsaturated/α-hetero) is 2. The monoisotopic (exact) mass is 657 g/mol. The Kier molecular flexibility index (Phi) is 7.84. The van der Waals surface area contributed by atoms with E-state index in [1.807, 2.05) is 47.6 Å². The molecular formula is C33H29Cl4N2O4+. The second-order valence-electron chi connectivity index (χ2n) is 12.7. The SMILES string of the molecule is CC(C)(C)c1cc(C(=O)Nc2cccc3ccc(C4C(=O)c5c(Cl)c(Cl)c([ClH+])c(Cl)c5C4=O)nc23)cc(C(C)(C)C)c1O. The number of benzene rings is 3. The lowest BCUT2D eigenvalue weighted by Gasteiger charge is -2.28. The number of nitrogens with one attached hydrogen (secondary N) is 1. The highest BCUT2D eigenvalue weighted by Gasteiger charge is 2.46. The van der Waals surface area contributed by atoms with E-state index in [4.69, 9.17) is 46.4 Å². The van der Waals surface area contributed by atoms with Gasteiger partial charge in [0.1, 0.15) is 21.7 Å². The number of para-hydroxylation sites is 1. The summed E-state index contributed by atoms with van der Waals surface area (Å²) in [5, 5.41) is 14.4. The van der Waals surface area contributed by atoms with Gasteiger partial charge in [0.15, 0.2) is 23.2 Å². The average Bonchev–Trinajstić information content (AvgIpc) is 3.19. The van der Waals surface area contributed by atoms with Crippen LogP contribution in [0.5, 0.6) is 5.75 Å². The van der Waals surface area contributed by atoms with Crippen molar-refractivity contribution < 1.29 is 31.1 Å². The molecule has 10 heteroatoms. The molecule has 4 aromatic rings. The number of nitrogens with zero attached hydrogens (tertiary/aromatic N) is 1. The largest absolute Gasteiger partial charge is 0.507 e. The molecule has 0 spiro atoms. The number of anilines is 1. The number of phenolic OH excluding ortho intramolecular Hbond substituents is 1. The maximum atomic E-state index is 13.7. The smallest absolute Gasteiger partial charge is 0.264 e. The number of fused-ring (bicyclic) bond motifs is 2. The minimum atomic E-state index is -1.30. The lowest BCUT2D eigenvalue weighted by molar-refractivity contribution is -0.288. The summed E-state index contributed by atoms with van der Waals surface area (Å²) in [5.74, 6) is -2.68. The van der Waals surface area contributed by atoms with Gasteiger partial charge in [0, 0.05) is 22.1 Å². The molecule has 0 fully saturated rings. The Balaban J connectivity index is 1.58. The first-order chi connectivity index (χ1) is 19.9. The molecule has 5 rings (SSSR count). The summed E-state index contributed by atoms with van der Waals surface area (Å²) in [6.07, 6.45) is 0. The Morgan fingerprint density at radius 2 is 1.42 bits per heavy atom. The highest BCUT2D eigenvalue weighted by Crippen LogP contribution is 2.47. The number of amides is 1. The van der Waals surface area contributed by atoms with Crippen LogP contribution in [0.3, 0.4) is 0 Å². The van der Waals surface area contributed by atoms with Gasteiger partial charge in [-0.05, 0) is 35.1 Å². The van der Waals surface area contributed by atoms with Gasteiger partial charge < -0.3 is 10.4 Å². The number of aromatic nitrogens is 1. The summed E-state index contributed by atoms with van der Waals surface area (Å²) < 4.78 is 0. The molecule has 1 heterocycles. The molecule has 43 heavy (non-hydrogen) atoms. The Hall–Kier alpha value is -3.16. The van der Waals surface area contributed by atoms with Crippen molar-refractivity contribution in [3.8, 4) is 5.75 Å². The number of phenols is 1. The molecule has 1 amide bonds. The molecule has 1 atom stereocenters. The van der Waals surface area contributed by atoms with E-state index in [9.17, 15) is 19.5 Å². The van der Waals surface area contributed by atoms with Gasteiger partial charge in [-0.15, -0.1) is 0 Å². The number of ketones is 2. The Morgan fingerprint density at radius 1 is 0.860 bits per heavy atom. The van der Waals surface area contributed by atoms with E-state index in [0.717, 1.165) is 0 Å². The molecule has 0 saturated carbocycles. The van der Waals surface area contributed by atoms with Crippen molar-refractivity contribution in [1.82, 2.24) is 4.98 Å². The van der Waals surface area contributed by atoms with E-state index in [0.29, 0.717) is 33.3 Å². The fourth-order valence-corrected chi connectivity index (χ4v) is 6.37. The van der Waals surface area contributed by atoms with E-state index in [-0.39, 0.29) is 42.7 Å². The van der Waals surface area contributed by atoms with Crippen molar-refractivity contribution in [2.75, 3.05) is 5.32 Å². The fraction of sp³-hybridized carbons (Fsp3) is 0.273. The quantitative estimate of drug-likeness (QED) is 0.131. The van der Waals surface area contributed by atoms with Gasteiger partial charge in [0.2, 0.25) is 0 Å². The second-order valence-corrected chi connectivity index (χ2v) is 14.2. The number of hydrogen-bond donors (Lipinski definition) is 2. The topological polar surface area (TPSA) is 96.4 Å². The maximum Gasteiger partial charge on any atom is 0.264 e. The van der Waals surface area contributed by atoms with Gasteiger partial charge in [-0.25, -0.2) is 4.98 Å². The Labute approximate surface area is 269 Å².